The standard InChI is InChI=1S/C25H30N4O6/c1-17(30)33-23(35-24(26)31)25(2,3)21(14-32-4)22(29-16-27-15-28-29)34-20-12-10-19(11-13-20)18-8-6-5-7-9-18/h5-13,15-16,21-23H,14H2,1-4H3,(H2,26,31). The lowest BCUT2D eigenvalue weighted by atomic mass is 9.77. The fraction of sp³-hybridized carbons (Fsp3) is 0.360. The van der Waals surface area contributed by atoms with Gasteiger partial charge in [-0.1, -0.05) is 56.3 Å². The Hall–Kier alpha value is -3.92. The molecule has 0 saturated carbocycles. The van der Waals surface area contributed by atoms with E-state index < -0.39 is 35.9 Å². The van der Waals surface area contributed by atoms with Gasteiger partial charge in [-0.25, -0.2) is 14.5 Å². The molecule has 0 saturated heterocycles. The lowest BCUT2D eigenvalue weighted by molar-refractivity contribution is -0.206. The number of aromatic nitrogens is 3. The zero-order valence-corrected chi connectivity index (χ0v) is 20.2. The Kier molecular flexibility index (Phi) is 8.43. The summed E-state index contributed by atoms with van der Waals surface area (Å²) in [4.78, 5) is 27.4. The highest BCUT2D eigenvalue weighted by Crippen LogP contribution is 2.41. The Morgan fingerprint density at radius 2 is 1.69 bits per heavy atom. The number of carbonyl (C=O) groups is 2. The molecule has 0 radical (unpaired) electrons. The summed E-state index contributed by atoms with van der Waals surface area (Å²) in [5.74, 6) is -0.594. The van der Waals surface area contributed by atoms with Crippen LogP contribution >= 0.6 is 0 Å². The molecule has 2 N–H and O–H groups in total. The predicted octanol–water partition coefficient (Wildman–Crippen LogP) is 3.80. The number of primary amides is 1. The van der Waals surface area contributed by atoms with Crippen LogP contribution in [0.5, 0.6) is 5.75 Å². The highest BCUT2D eigenvalue weighted by molar-refractivity contribution is 5.67. The number of nitrogens with zero attached hydrogens (tertiary/aromatic N) is 3. The molecule has 3 aromatic rings. The largest absolute Gasteiger partial charge is 0.468 e. The van der Waals surface area contributed by atoms with Gasteiger partial charge in [0.05, 0.1) is 12.5 Å². The number of hydrogen-bond acceptors (Lipinski definition) is 8. The van der Waals surface area contributed by atoms with Crippen molar-refractivity contribution in [2.24, 2.45) is 17.1 Å². The van der Waals surface area contributed by atoms with Crippen LogP contribution < -0.4 is 10.5 Å². The average molecular weight is 483 g/mol. The van der Waals surface area contributed by atoms with Gasteiger partial charge in [-0.05, 0) is 23.3 Å². The second-order valence-corrected chi connectivity index (χ2v) is 8.54. The van der Waals surface area contributed by atoms with Gasteiger partial charge in [0, 0.05) is 19.4 Å². The van der Waals surface area contributed by atoms with Gasteiger partial charge in [0.1, 0.15) is 18.4 Å². The molecular weight excluding hydrogens is 452 g/mol. The van der Waals surface area contributed by atoms with E-state index in [1.54, 1.807) is 13.8 Å². The van der Waals surface area contributed by atoms with Gasteiger partial charge < -0.3 is 24.7 Å². The first kappa shape index (κ1) is 25.7. The predicted molar refractivity (Wildman–Crippen MR) is 127 cm³/mol. The SMILES string of the molecule is COCC(C(Oc1ccc(-c2ccccc2)cc1)n1cncn1)C(C)(C)C(OC(C)=O)OC(N)=O. The lowest BCUT2D eigenvalue weighted by Crippen LogP contribution is -2.49. The van der Waals surface area contributed by atoms with E-state index in [1.807, 2.05) is 54.6 Å². The molecule has 35 heavy (non-hydrogen) atoms. The highest BCUT2D eigenvalue weighted by Gasteiger charge is 2.47. The molecule has 0 fully saturated rings. The third kappa shape index (κ3) is 6.57. The molecule has 3 rings (SSSR count). The summed E-state index contributed by atoms with van der Waals surface area (Å²) in [6, 6.07) is 17.6. The Balaban J connectivity index is 1.95. The van der Waals surface area contributed by atoms with E-state index in [9.17, 15) is 9.59 Å². The summed E-state index contributed by atoms with van der Waals surface area (Å²) in [5.41, 5.74) is 6.35. The van der Waals surface area contributed by atoms with Crippen LogP contribution in [0.4, 0.5) is 4.79 Å². The van der Waals surface area contributed by atoms with Crippen molar-refractivity contribution >= 4 is 12.1 Å². The summed E-state index contributed by atoms with van der Waals surface area (Å²) in [6.07, 6.45) is -0.236. The van der Waals surface area contributed by atoms with Gasteiger partial charge in [0.15, 0.2) is 6.23 Å². The summed E-state index contributed by atoms with van der Waals surface area (Å²) in [7, 11) is 1.53. The quantitative estimate of drug-likeness (QED) is 0.323. The summed E-state index contributed by atoms with van der Waals surface area (Å²) in [6.45, 7) is 4.90. The number of esters is 1. The summed E-state index contributed by atoms with van der Waals surface area (Å²) >= 11 is 0. The second kappa shape index (κ2) is 11.5. The summed E-state index contributed by atoms with van der Waals surface area (Å²) in [5, 5.41) is 4.26. The molecule has 0 aliphatic carbocycles. The molecule has 10 nitrogen and oxygen atoms in total. The Labute approximate surface area is 204 Å². The Morgan fingerprint density at radius 1 is 1.03 bits per heavy atom. The van der Waals surface area contributed by atoms with Gasteiger partial charge >= 0.3 is 12.1 Å². The van der Waals surface area contributed by atoms with Crippen LogP contribution in [0.3, 0.4) is 0 Å². The zero-order valence-electron chi connectivity index (χ0n) is 20.2. The normalized spacial score (nSPS) is 13.9. The first-order valence-electron chi connectivity index (χ1n) is 11.0. The molecule has 1 aromatic heterocycles. The molecule has 1 amide bonds. The van der Waals surface area contributed by atoms with Crippen LogP contribution in [0, 0.1) is 11.3 Å². The number of hydrogen-bond donors (Lipinski definition) is 1. The number of amides is 1. The first-order valence-corrected chi connectivity index (χ1v) is 11.0. The van der Waals surface area contributed by atoms with Crippen LogP contribution in [0.2, 0.25) is 0 Å². The Bertz CT molecular complexity index is 1070. The van der Waals surface area contributed by atoms with Crippen molar-refractivity contribution in [2.45, 2.75) is 33.3 Å². The van der Waals surface area contributed by atoms with Crippen LogP contribution in [-0.4, -0.2) is 46.8 Å². The monoisotopic (exact) mass is 482 g/mol. The van der Waals surface area contributed by atoms with E-state index >= 15 is 0 Å². The first-order chi connectivity index (χ1) is 16.7. The minimum atomic E-state index is -1.30. The molecule has 3 atom stereocenters. The van der Waals surface area contributed by atoms with Crippen molar-refractivity contribution in [3.8, 4) is 16.9 Å². The molecule has 186 valence electrons. The van der Waals surface area contributed by atoms with E-state index in [2.05, 4.69) is 10.1 Å². The maximum absolute atomic E-state index is 11.8. The van der Waals surface area contributed by atoms with E-state index in [0.717, 1.165) is 11.1 Å². The number of methoxy groups -OCH3 is 1. The summed E-state index contributed by atoms with van der Waals surface area (Å²) < 4.78 is 23.9. The second-order valence-electron chi connectivity index (χ2n) is 8.54. The van der Waals surface area contributed by atoms with E-state index in [1.165, 1.54) is 31.4 Å². The van der Waals surface area contributed by atoms with E-state index in [-0.39, 0.29) is 6.61 Å². The van der Waals surface area contributed by atoms with Gasteiger partial charge in [0.2, 0.25) is 0 Å². The van der Waals surface area contributed by atoms with Gasteiger partial charge in [-0.2, -0.15) is 5.10 Å². The van der Waals surface area contributed by atoms with Crippen molar-refractivity contribution in [1.82, 2.24) is 14.8 Å². The van der Waals surface area contributed by atoms with Crippen LogP contribution in [0.1, 0.15) is 27.0 Å². The third-order valence-electron chi connectivity index (χ3n) is 5.67. The van der Waals surface area contributed by atoms with Gasteiger partial charge in [-0.15, -0.1) is 0 Å². The van der Waals surface area contributed by atoms with Crippen LogP contribution in [-0.2, 0) is 19.0 Å². The van der Waals surface area contributed by atoms with Crippen molar-refractivity contribution in [3.05, 3.63) is 67.3 Å². The Morgan fingerprint density at radius 3 is 2.23 bits per heavy atom. The van der Waals surface area contributed by atoms with E-state index in [4.69, 9.17) is 24.7 Å². The minimum Gasteiger partial charge on any atom is -0.468 e. The van der Waals surface area contributed by atoms with Crippen molar-refractivity contribution in [1.29, 1.82) is 0 Å². The fourth-order valence-electron chi connectivity index (χ4n) is 3.77. The topological polar surface area (TPSA) is 128 Å². The number of ether oxygens (including phenoxy) is 4. The van der Waals surface area contributed by atoms with Crippen LogP contribution in [0.25, 0.3) is 11.1 Å². The highest BCUT2D eigenvalue weighted by atomic mass is 16.7. The van der Waals surface area contributed by atoms with Gasteiger partial charge in [-0.3, -0.25) is 4.79 Å². The molecule has 3 unspecified atom stereocenters. The fourth-order valence-corrected chi connectivity index (χ4v) is 3.77. The van der Waals surface area contributed by atoms with Crippen molar-refractivity contribution in [2.75, 3.05) is 13.7 Å². The number of carbonyl (C=O) groups excluding carboxylic acids is 2. The van der Waals surface area contributed by atoms with Crippen molar-refractivity contribution < 1.29 is 28.5 Å². The van der Waals surface area contributed by atoms with Crippen LogP contribution in [0.15, 0.2) is 67.3 Å². The molecule has 1 heterocycles. The maximum atomic E-state index is 11.8. The number of nitrogens with two attached hydrogens (primary N) is 1. The van der Waals surface area contributed by atoms with Crippen molar-refractivity contribution in [3.63, 3.8) is 0 Å². The van der Waals surface area contributed by atoms with E-state index in [0.29, 0.717) is 5.75 Å². The lowest BCUT2D eigenvalue weighted by Gasteiger charge is -2.41. The third-order valence-corrected chi connectivity index (χ3v) is 5.67. The minimum absolute atomic E-state index is 0.152. The zero-order chi connectivity index (χ0) is 25.4. The van der Waals surface area contributed by atoms with Gasteiger partial charge in [0.25, 0.3) is 6.29 Å². The smallest absolute Gasteiger partial charge is 0.407 e. The molecule has 0 aliphatic heterocycles. The maximum Gasteiger partial charge on any atom is 0.407 e. The molecule has 10 heteroatoms. The molecule has 0 bridgehead atoms. The molecule has 2 aromatic carbocycles. The number of rotatable bonds is 11. The molecule has 0 spiro atoms. The average Bonchev–Trinajstić information content (AvgIpc) is 3.36. The molecular formula is C25H30N4O6. The molecule has 0 aliphatic rings. The number of benzene rings is 2.